The molecule has 0 spiro atoms. The fourth-order valence-electron chi connectivity index (χ4n) is 2.52. The number of aromatic nitrogens is 4. The van der Waals surface area contributed by atoms with E-state index in [2.05, 4.69) is 20.5 Å². The summed E-state index contributed by atoms with van der Waals surface area (Å²) in [6, 6.07) is 14.4. The fourth-order valence-corrected chi connectivity index (χ4v) is 2.52. The number of nitrogens with one attached hydrogen (secondary N) is 1. The highest BCUT2D eigenvalue weighted by Crippen LogP contribution is 2.25. The lowest BCUT2D eigenvalue weighted by Crippen LogP contribution is -2.11. The van der Waals surface area contributed by atoms with Crippen molar-refractivity contribution in [2.75, 3.05) is 5.43 Å². The highest BCUT2D eigenvalue weighted by atomic mass is 19.1. The van der Waals surface area contributed by atoms with Gasteiger partial charge in [-0.25, -0.2) is 14.4 Å². The second-order valence-corrected chi connectivity index (χ2v) is 5.44. The predicted molar refractivity (Wildman–Crippen MR) is 90.9 cm³/mol. The molecule has 5 nitrogen and oxygen atoms in total. The molecule has 2 aromatic carbocycles. The molecule has 0 fully saturated rings. The number of nitrogens with zero attached hydrogens (tertiary/aromatic N) is 4. The topological polar surface area (TPSA) is 55.6 Å². The lowest BCUT2D eigenvalue weighted by Gasteiger charge is -2.11. The molecule has 0 amide bonds. The van der Waals surface area contributed by atoms with Crippen molar-refractivity contribution in [3.63, 3.8) is 0 Å². The Hall–Kier alpha value is -3.28. The first kappa shape index (κ1) is 14.3. The first-order valence-corrected chi connectivity index (χ1v) is 7.51. The summed E-state index contributed by atoms with van der Waals surface area (Å²) < 4.78 is 13.5. The van der Waals surface area contributed by atoms with E-state index in [0.29, 0.717) is 17.2 Å². The third kappa shape index (κ3) is 2.58. The van der Waals surface area contributed by atoms with Gasteiger partial charge in [0.15, 0.2) is 11.6 Å². The zero-order chi connectivity index (χ0) is 16.5. The van der Waals surface area contributed by atoms with Gasteiger partial charge in [0.25, 0.3) is 0 Å². The Balaban J connectivity index is 1.88. The summed E-state index contributed by atoms with van der Waals surface area (Å²) in [6.07, 6.45) is 3.47. The van der Waals surface area contributed by atoms with Crippen LogP contribution in [0.25, 0.3) is 22.3 Å². The number of rotatable bonds is 3. The Bertz CT molecular complexity index is 1010. The van der Waals surface area contributed by atoms with Crippen molar-refractivity contribution >= 4 is 16.7 Å². The van der Waals surface area contributed by atoms with Gasteiger partial charge in [0, 0.05) is 17.1 Å². The quantitative estimate of drug-likeness (QED) is 0.624. The molecule has 2 aromatic heterocycles. The molecule has 0 aliphatic rings. The molecule has 1 N–H and O–H groups in total. The van der Waals surface area contributed by atoms with Gasteiger partial charge < -0.3 is 0 Å². The lowest BCUT2D eigenvalue weighted by molar-refractivity contribution is 0.618. The smallest absolute Gasteiger partial charge is 0.162 e. The summed E-state index contributed by atoms with van der Waals surface area (Å²) in [7, 11) is 0. The van der Waals surface area contributed by atoms with Crippen LogP contribution in [-0.2, 0) is 0 Å². The van der Waals surface area contributed by atoms with E-state index in [0.717, 1.165) is 16.5 Å². The first-order valence-electron chi connectivity index (χ1n) is 7.51. The van der Waals surface area contributed by atoms with Crippen LogP contribution in [0.1, 0.15) is 5.56 Å². The number of para-hydroxylation sites is 1. The Labute approximate surface area is 137 Å². The molecule has 118 valence electrons. The minimum absolute atomic E-state index is 0.241. The van der Waals surface area contributed by atoms with Crippen molar-refractivity contribution < 1.29 is 4.39 Å². The molecule has 0 radical (unpaired) electrons. The average Bonchev–Trinajstić information content (AvgIpc) is 3.10. The van der Waals surface area contributed by atoms with Gasteiger partial charge in [-0.2, -0.15) is 9.89 Å². The maximum Gasteiger partial charge on any atom is 0.162 e. The molecular weight excluding hydrogens is 305 g/mol. The fraction of sp³-hybridized carbons (Fsp3) is 0.0556. The molecule has 0 saturated heterocycles. The van der Waals surface area contributed by atoms with Crippen LogP contribution in [0.4, 0.5) is 10.2 Å². The summed E-state index contributed by atoms with van der Waals surface area (Å²) in [5.41, 5.74) is 5.28. The predicted octanol–water partition coefficient (Wildman–Crippen LogP) is 3.82. The van der Waals surface area contributed by atoms with E-state index in [4.69, 9.17) is 0 Å². The van der Waals surface area contributed by atoms with Crippen molar-refractivity contribution in [3.05, 3.63) is 72.3 Å². The SMILES string of the molecule is Cc1cc(-c2nc(Nn3cccn3)c3ccccc3n2)ccc1F. The Morgan fingerprint density at radius 2 is 1.92 bits per heavy atom. The summed E-state index contributed by atoms with van der Waals surface area (Å²) in [5.74, 6) is 0.933. The second-order valence-electron chi connectivity index (χ2n) is 5.44. The van der Waals surface area contributed by atoms with Gasteiger partial charge >= 0.3 is 0 Å². The summed E-state index contributed by atoms with van der Waals surface area (Å²) in [6.45, 7) is 1.72. The van der Waals surface area contributed by atoms with E-state index in [1.54, 1.807) is 36.2 Å². The van der Waals surface area contributed by atoms with Crippen molar-refractivity contribution in [2.24, 2.45) is 0 Å². The Morgan fingerprint density at radius 1 is 1.04 bits per heavy atom. The lowest BCUT2D eigenvalue weighted by atomic mass is 10.1. The van der Waals surface area contributed by atoms with E-state index in [1.807, 2.05) is 30.3 Å². The van der Waals surface area contributed by atoms with Gasteiger partial charge in [-0.05, 0) is 48.9 Å². The maximum atomic E-state index is 13.5. The van der Waals surface area contributed by atoms with E-state index < -0.39 is 0 Å². The minimum atomic E-state index is -0.241. The van der Waals surface area contributed by atoms with Gasteiger partial charge in [-0.1, -0.05) is 12.1 Å². The maximum absolute atomic E-state index is 13.5. The van der Waals surface area contributed by atoms with Crippen LogP contribution in [0.2, 0.25) is 0 Å². The number of aryl methyl sites for hydroxylation is 1. The molecule has 0 atom stereocenters. The van der Waals surface area contributed by atoms with Crippen molar-refractivity contribution in [3.8, 4) is 11.4 Å². The number of fused-ring (bicyclic) bond motifs is 1. The molecule has 0 bridgehead atoms. The molecule has 2 heterocycles. The summed E-state index contributed by atoms with van der Waals surface area (Å²) >= 11 is 0. The van der Waals surface area contributed by atoms with Gasteiger partial charge in [0.1, 0.15) is 5.82 Å². The van der Waals surface area contributed by atoms with Crippen LogP contribution >= 0.6 is 0 Å². The number of hydrogen-bond acceptors (Lipinski definition) is 4. The van der Waals surface area contributed by atoms with Gasteiger partial charge in [0.05, 0.1) is 11.7 Å². The number of anilines is 1. The summed E-state index contributed by atoms with van der Waals surface area (Å²) in [4.78, 5) is 10.8. The molecule has 24 heavy (non-hydrogen) atoms. The van der Waals surface area contributed by atoms with Crippen LogP contribution in [0, 0.1) is 12.7 Å². The van der Waals surface area contributed by atoms with Crippen LogP contribution in [0.15, 0.2) is 60.9 Å². The third-order valence-electron chi connectivity index (χ3n) is 3.74. The molecular formula is C18H14FN5. The van der Waals surface area contributed by atoms with Crippen molar-refractivity contribution in [1.82, 2.24) is 19.9 Å². The first-order chi connectivity index (χ1) is 11.7. The largest absolute Gasteiger partial charge is 0.261 e. The molecule has 4 aromatic rings. The van der Waals surface area contributed by atoms with E-state index in [9.17, 15) is 4.39 Å². The Morgan fingerprint density at radius 3 is 2.71 bits per heavy atom. The highest BCUT2D eigenvalue weighted by Gasteiger charge is 2.11. The molecule has 4 rings (SSSR count). The standard InChI is InChI=1S/C18H14FN5/c1-12-11-13(7-8-15(12)19)17-21-16-6-3-2-5-14(16)18(22-17)23-24-10-4-9-20-24/h2-11H,1H3,(H,21,22,23). The van der Waals surface area contributed by atoms with Crippen LogP contribution in [0.3, 0.4) is 0 Å². The third-order valence-corrected chi connectivity index (χ3v) is 3.74. The van der Waals surface area contributed by atoms with Gasteiger partial charge in [0.2, 0.25) is 0 Å². The van der Waals surface area contributed by atoms with Crippen molar-refractivity contribution in [1.29, 1.82) is 0 Å². The zero-order valence-corrected chi connectivity index (χ0v) is 12.9. The van der Waals surface area contributed by atoms with Crippen LogP contribution in [0.5, 0.6) is 0 Å². The zero-order valence-electron chi connectivity index (χ0n) is 12.9. The normalized spacial score (nSPS) is 10.9. The monoisotopic (exact) mass is 319 g/mol. The molecule has 0 unspecified atom stereocenters. The molecule has 0 saturated carbocycles. The molecule has 6 heteroatoms. The Kier molecular flexibility index (Phi) is 3.42. The molecule has 0 aliphatic heterocycles. The number of halogens is 1. The number of hydrogen-bond donors (Lipinski definition) is 1. The van der Waals surface area contributed by atoms with Crippen LogP contribution < -0.4 is 5.43 Å². The van der Waals surface area contributed by atoms with Crippen molar-refractivity contribution in [2.45, 2.75) is 6.92 Å². The minimum Gasteiger partial charge on any atom is -0.261 e. The molecule has 0 aliphatic carbocycles. The van der Waals surface area contributed by atoms with E-state index in [-0.39, 0.29) is 5.82 Å². The van der Waals surface area contributed by atoms with E-state index >= 15 is 0 Å². The van der Waals surface area contributed by atoms with Gasteiger partial charge in [-0.15, -0.1) is 0 Å². The van der Waals surface area contributed by atoms with Gasteiger partial charge in [-0.3, -0.25) is 5.43 Å². The summed E-state index contributed by atoms with van der Waals surface area (Å²) in [5, 5.41) is 5.03. The second kappa shape index (κ2) is 5.73. The van der Waals surface area contributed by atoms with Crippen LogP contribution in [-0.4, -0.2) is 19.9 Å². The average molecular weight is 319 g/mol. The number of benzene rings is 2. The van der Waals surface area contributed by atoms with E-state index in [1.165, 1.54) is 6.07 Å². The highest BCUT2D eigenvalue weighted by molar-refractivity contribution is 5.90.